The zero-order chi connectivity index (χ0) is 18.4. The Kier molecular flexibility index (Phi) is 4.15. The number of aliphatic hydroxyl groups is 1. The molecule has 2 atom stereocenters. The van der Waals surface area contributed by atoms with Crippen LogP contribution in [0.25, 0.3) is 21.8 Å². The van der Waals surface area contributed by atoms with Crippen molar-refractivity contribution in [2.45, 2.75) is 26.0 Å². The molecule has 1 N–H and O–H groups in total. The summed E-state index contributed by atoms with van der Waals surface area (Å²) in [6.45, 7) is 3.05. The maximum Gasteiger partial charge on any atom is 0.225 e. The Morgan fingerprint density at radius 3 is 2.15 bits per heavy atom. The van der Waals surface area contributed by atoms with Crippen LogP contribution in [0.1, 0.15) is 13.3 Å². The number of amides is 1. The third kappa shape index (κ3) is 2.84. The lowest BCUT2D eigenvalue weighted by Crippen LogP contribution is -2.36. The standard InChI is InChI=1S/C20H20F2N2O2/c1-12-6-7-23(20(12)26)10-15(25)11-24-18-4-2-13(21)8-16(18)17-9-14(22)3-5-19(17)24/h2-5,8-9,12,15,25H,6-7,10-11H2,1H3/t12-,15-/m1/s1. The van der Waals surface area contributed by atoms with Gasteiger partial charge in [-0.05, 0) is 42.8 Å². The predicted octanol–water partition coefficient (Wildman–Crippen LogP) is 3.30. The minimum absolute atomic E-state index is 0.00129. The van der Waals surface area contributed by atoms with E-state index in [0.29, 0.717) is 17.3 Å². The number of likely N-dealkylation sites (tertiary alicyclic amines) is 1. The zero-order valence-electron chi connectivity index (χ0n) is 14.5. The molecule has 1 saturated heterocycles. The average Bonchev–Trinajstić information content (AvgIpc) is 3.07. The third-order valence-corrected chi connectivity index (χ3v) is 5.18. The molecule has 0 unspecified atom stereocenters. The molecule has 2 heterocycles. The van der Waals surface area contributed by atoms with Crippen LogP contribution in [0.15, 0.2) is 36.4 Å². The molecule has 1 aromatic heterocycles. The molecule has 136 valence electrons. The van der Waals surface area contributed by atoms with E-state index in [0.717, 1.165) is 17.5 Å². The largest absolute Gasteiger partial charge is 0.389 e. The maximum absolute atomic E-state index is 13.7. The lowest BCUT2D eigenvalue weighted by atomic mass is 10.1. The number of nitrogens with zero attached hydrogens (tertiary/aromatic N) is 2. The van der Waals surface area contributed by atoms with E-state index in [9.17, 15) is 18.7 Å². The summed E-state index contributed by atoms with van der Waals surface area (Å²) in [5.74, 6) is -0.715. The van der Waals surface area contributed by atoms with Gasteiger partial charge in [0.05, 0.1) is 12.6 Å². The van der Waals surface area contributed by atoms with Crippen LogP contribution in [-0.4, -0.2) is 39.7 Å². The van der Waals surface area contributed by atoms with Crippen molar-refractivity contribution in [1.82, 2.24) is 9.47 Å². The van der Waals surface area contributed by atoms with Gasteiger partial charge in [-0.25, -0.2) is 8.78 Å². The fraction of sp³-hybridized carbons (Fsp3) is 0.350. The first kappa shape index (κ1) is 17.0. The molecule has 0 bridgehead atoms. The number of aliphatic hydroxyl groups excluding tert-OH is 1. The molecule has 0 radical (unpaired) electrons. The summed E-state index contributed by atoms with van der Waals surface area (Å²) in [6.07, 6.45) is 0.0395. The van der Waals surface area contributed by atoms with Gasteiger partial charge in [-0.1, -0.05) is 6.92 Å². The van der Waals surface area contributed by atoms with Gasteiger partial charge in [0.15, 0.2) is 0 Å². The molecule has 2 aromatic carbocycles. The number of carbonyl (C=O) groups is 1. The Balaban J connectivity index is 1.70. The highest BCUT2D eigenvalue weighted by atomic mass is 19.1. The van der Waals surface area contributed by atoms with Crippen molar-refractivity contribution in [1.29, 1.82) is 0 Å². The molecule has 0 saturated carbocycles. The second kappa shape index (κ2) is 6.36. The summed E-state index contributed by atoms with van der Waals surface area (Å²) in [5.41, 5.74) is 1.46. The molecule has 0 spiro atoms. The fourth-order valence-electron chi connectivity index (χ4n) is 3.84. The average molecular weight is 358 g/mol. The Morgan fingerprint density at radius 1 is 1.08 bits per heavy atom. The summed E-state index contributed by atoms with van der Waals surface area (Å²) >= 11 is 0. The molecule has 6 heteroatoms. The summed E-state index contributed by atoms with van der Waals surface area (Å²) < 4.78 is 29.2. The van der Waals surface area contributed by atoms with Gasteiger partial charge in [0.25, 0.3) is 0 Å². The van der Waals surface area contributed by atoms with Crippen molar-refractivity contribution in [3.63, 3.8) is 0 Å². The highest BCUT2D eigenvalue weighted by Gasteiger charge is 2.29. The molecular weight excluding hydrogens is 338 g/mol. The molecule has 0 aliphatic carbocycles. The molecule has 4 nitrogen and oxygen atoms in total. The Labute approximate surface area is 149 Å². The van der Waals surface area contributed by atoms with Crippen molar-refractivity contribution in [3.05, 3.63) is 48.0 Å². The maximum atomic E-state index is 13.7. The Morgan fingerprint density at radius 2 is 1.65 bits per heavy atom. The number of rotatable bonds is 4. The van der Waals surface area contributed by atoms with Crippen LogP contribution in [0.4, 0.5) is 8.78 Å². The number of aromatic nitrogens is 1. The van der Waals surface area contributed by atoms with E-state index in [-0.39, 0.29) is 24.9 Å². The SMILES string of the molecule is C[C@@H]1CCN(C[C@@H](O)Cn2c3ccc(F)cc3c3cc(F)ccc32)C1=O. The second-order valence-electron chi connectivity index (χ2n) is 7.06. The third-order valence-electron chi connectivity index (χ3n) is 5.18. The highest BCUT2D eigenvalue weighted by molar-refractivity contribution is 6.08. The number of β-amino-alcohol motifs (C(OH)–C–C–N with tert-alkyl or cyclic N) is 1. The minimum atomic E-state index is -0.766. The second-order valence-corrected chi connectivity index (χ2v) is 7.06. The molecule has 1 aliphatic heterocycles. The Hall–Kier alpha value is -2.47. The normalized spacial score (nSPS) is 19.0. The number of benzene rings is 2. The van der Waals surface area contributed by atoms with E-state index >= 15 is 0 Å². The first-order valence-electron chi connectivity index (χ1n) is 8.78. The van der Waals surface area contributed by atoms with Crippen LogP contribution in [0.5, 0.6) is 0 Å². The van der Waals surface area contributed by atoms with Gasteiger partial charge in [-0.15, -0.1) is 0 Å². The van der Waals surface area contributed by atoms with Crippen LogP contribution in [-0.2, 0) is 11.3 Å². The Bertz CT molecular complexity index is 939. The molecule has 1 amide bonds. The molecule has 26 heavy (non-hydrogen) atoms. The monoisotopic (exact) mass is 358 g/mol. The van der Waals surface area contributed by atoms with Gasteiger partial charge < -0.3 is 14.6 Å². The van der Waals surface area contributed by atoms with Gasteiger partial charge in [-0.2, -0.15) is 0 Å². The first-order chi connectivity index (χ1) is 12.4. The number of hydrogen-bond donors (Lipinski definition) is 1. The number of halogens is 2. The summed E-state index contributed by atoms with van der Waals surface area (Å²) in [5, 5.41) is 11.8. The van der Waals surface area contributed by atoms with Gasteiger partial charge in [-0.3, -0.25) is 4.79 Å². The summed E-state index contributed by atoms with van der Waals surface area (Å²) in [7, 11) is 0. The van der Waals surface area contributed by atoms with Gasteiger partial charge >= 0.3 is 0 Å². The van der Waals surface area contributed by atoms with Crippen molar-refractivity contribution in [2.75, 3.05) is 13.1 Å². The van der Waals surface area contributed by atoms with E-state index in [1.807, 2.05) is 11.5 Å². The van der Waals surface area contributed by atoms with Gasteiger partial charge in [0.1, 0.15) is 11.6 Å². The lowest BCUT2D eigenvalue weighted by Gasteiger charge is -2.21. The number of carbonyl (C=O) groups excluding carboxylic acids is 1. The zero-order valence-corrected chi connectivity index (χ0v) is 14.5. The van der Waals surface area contributed by atoms with Crippen LogP contribution < -0.4 is 0 Å². The van der Waals surface area contributed by atoms with Gasteiger partial charge in [0, 0.05) is 40.8 Å². The van der Waals surface area contributed by atoms with E-state index in [4.69, 9.17) is 0 Å². The van der Waals surface area contributed by atoms with Crippen LogP contribution in [0, 0.1) is 17.6 Å². The van der Waals surface area contributed by atoms with Gasteiger partial charge in [0.2, 0.25) is 5.91 Å². The minimum Gasteiger partial charge on any atom is -0.389 e. The number of fused-ring (bicyclic) bond motifs is 3. The molecule has 1 aliphatic rings. The highest BCUT2D eigenvalue weighted by Crippen LogP contribution is 2.30. The van der Waals surface area contributed by atoms with E-state index in [1.54, 1.807) is 17.0 Å². The molecule has 4 rings (SSSR count). The molecule has 3 aromatic rings. The van der Waals surface area contributed by atoms with Crippen molar-refractivity contribution in [2.24, 2.45) is 5.92 Å². The topological polar surface area (TPSA) is 45.5 Å². The quantitative estimate of drug-likeness (QED) is 0.778. The lowest BCUT2D eigenvalue weighted by molar-refractivity contribution is -0.131. The smallest absolute Gasteiger partial charge is 0.225 e. The summed E-state index contributed by atoms with van der Waals surface area (Å²) in [6, 6.07) is 8.74. The van der Waals surface area contributed by atoms with E-state index < -0.39 is 17.7 Å². The van der Waals surface area contributed by atoms with E-state index in [2.05, 4.69) is 0 Å². The van der Waals surface area contributed by atoms with Crippen LogP contribution in [0.2, 0.25) is 0 Å². The fourth-order valence-corrected chi connectivity index (χ4v) is 3.84. The molecule has 1 fully saturated rings. The molecular formula is C20H20F2N2O2. The van der Waals surface area contributed by atoms with Crippen molar-refractivity contribution < 1.29 is 18.7 Å². The van der Waals surface area contributed by atoms with Crippen LogP contribution >= 0.6 is 0 Å². The van der Waals surface area contributed by atoms with Crippen molar-refractivity contribution >= 4 is 27.7 Å². The van der Waals surface area contributed by atoms with Crippen molar-refractivity contribution in [3.8, 4) is 0 Å². The summed E-state index contributed by atoms with van der Waals surface area (Å²) in [4.78, 5) is 13.8. The van der Waals surface area contributed by atoms with Crippen LogP contribution in [0.3, 0.4) is 0 Å². The van der Waals surface area contributed by atoms with E-state index in [1.165, 1.54) is 24.3 Å². The first-order valence-corrected chi connectivity index (χ1v) is 8.78. The number of hydrogen-bond acceptors (Lipinski definition) is 2. The predicted molar refractivity (Wildman–Crippen MR) is 95.7 cm³/mol.